The van der Waals surface area contributed by atoms with Gasteiger partial charge in [0.1, 0.15) is 0 Å². The first-order valence-corrected chi connectivity index (χ1v) is 12.9. The zero-order valence-electron chi connectivity index (χ0n) is 24.9. The third-order valence-corrected chi connectivity index (χ3v) is 6.69. The van der Waals surface area contributed by atoms with Crippen molar-refractivity contribution in [3.8, 4) is 0 Å². The molecule has 220 valence electrons. The van der Waals surface area contributed by atoms with Gasteiger partial charge in [0, 0.05) is 48.8 Å². The molecule has 0 atom stereocenters. The van der Waals surface area contributed by atoms with Gasteiger partial charge in [-0.3, -0.25) is 0 Å². The maximum atomic E-state index is 4.40. The van der Waals surface area contributed by atoms with Crippen LogP contribution in [0.4, 0.5) is 34.6 Å². The molecule has 0 aliphatic heterocycles. The molecule has 0 saturated heterocycles. The number of hydrogen-bond acceptors (Lipinski definition) is 8. The summed E-state index contributed by atoms with van der Waals surface area (Å²) in [5, 5.41) is 25.8. The maximum Gasteiger partial charge on any atom is 0.403 e. The van der Waals surface area contributed by atoms with E-state index in [0.29, 0.717) is 11.9 Å². The van der Waals surface area contributed by atoms with Crippen molar-refractivity contribution in [3.05, 3.63) is 60.2 Å². The van der Waals surface area contributed by atoms with E-state index in [9.17, 15) is 0 Å². The van der Waals surface area contributed by atoms with Gasteiger partial charge in [-0.2, -0.15) is 0 Å². The second kappa shape index (κ2) is 14.6. The van der Waals surface area contributed by atoms with Crippen molar-refractivity contribution in [1.29, 1.82) is 0 Å². The molecule has 0 radical (unpaired) electrons. The number of aromatic nitrogens is 6. The fourth-order valence-electron chi connectivity index (χ4n) is 4.49. The average Bonchev–Trinajstić information content (AvgIpc) is 3.40. The summed E-state index contributed by atoms with van der Waals surface area (Å²) in [7, 11) is 11.8. The first kappa shape index (κ1) is 33.3. The summed E-state index contributed by atoms with van der Waals surface area (Å²) < 4.78 is 7.06. The van der Waals surface area contributed by atoms with Crippen molar-refractivity contribution >= 4 is 34.6 Å². The summed E-state index contributed by atoms with van der Waals surface area (Å²) >= 11 is 0. The number of rotatable bonds is 10. The normalized spacial score (nSPS) is 11.1. The Bertz CT molecular complexity index is 1360. The first-order chi connectivity index (χ1) is 18.6. The van der Waals surface area contributed by atoms with E-state index >= 15 is 0 Å². The molecule has 0 fully saturated rings. The van der Waals surface area contributed by atoms with Gasteiger partial charge in [0.05, 0.1) is 39.6 Å². The lowest BCUT2D eigenvalue weighted by Crippen LogP contribution is -3.00. The molecule has 4 aromatic rings. The standard InChI is InChI=1S/C27H38N12.2ClH/c1-20-16-22(30-32-26-36(5)18-28-38(26)7)10-12-24(20)34(3)14-9-15-35(4)25-13-11-23(17-21(25)2)31-33-27-37(6)19-29-39(27)8;;/h10-13,16-19H,9,14-15H2,1-8H3;2*1H/q+2;;/p-2. The predicted molar refractivity (Wildman–Crippen MR) is 151 cm³/mol. The quantitative estimate of drug-likeness (QED) is 0.159. The topological polar surface area (TPSA) is 99.3 Å². The van der Waals surface area contributed by atoms with Gasteiger partial charge in [-0.15, -0.1) is 9.36 Å². The third kappa shape index (κ3) is 8.08. The Labute approximate surface area is 253 Å². The van der Waals surface area contributed by atoms with Crippen molar-refractivity contribution in [2.75, 3.05) is 37.0 Å². The highest BCUT2D eigenvalue weighted by molar-refractivity contribution is 5.59. The average molecular weight is 602 g/mol. The summed E-state index contributed by atoms with van der Waals surface area (Å²) in [4.78, 5) is 4.58. The Morgan fingerprint density at radius 2 is 1.07 bits per heavy atom. The van der Waals surface area contributed by atoms with E-state index in [1.807, 2.05) is 49.5 Å². The van der Waals surface area contributed by atoms with Crippen LogP contribution in [0.2, 0.25) is 0 Å². The predicted octanol–water partition coefficient (Wildman–Crippen LogP) is -1.78. The largest absolute Gasteiger partial charge is 1.00 e. The molecule has 0 amide bonds. The van der Waals surface area contributed by atoms with Crippen LogP contribution in [0.3, 0.4) is 0 Å². The van der Waals surface area contributed by atoms with Gasteiger partial charge >= 0.3 is 11.9 Å². The molecule has 0 spiro atoms. The van der Waals surface area contributed by atoms with Crippen LogP contribution in [-0.4, -0.2) is 46.7 Å². The Balaban J connectivity index is 0.00000294. The Morgan fingerprint density at radius 3 is 1.39 bits per heavy atom. The van der Waals surface area contributed by atoms with Crippen LogP contribution in [-0.2, 0) is 28.2 Å². The number of halogens is 2. The second-order valence-electron chi connectivity index (χ2n) is 9.87. The van der Waals surface area contributed by atoms with E-state index in [-0.39, 0.29) is 24.8 Å². The van der Waals surface area contributed by atoms with Crippen molar-refractivity contribution in [1.82, 2.24) is 19.6 Å². The molecule has 41 heavy (non-hydrogen) atoms. The molecular formula is C27H38Cl2N12. The van der Waals surface area contributed by atoms with Crippen LogP contribution >= 0.6 is 0 Å². The van der Waals surface area contributed by atoms with E-state index < -0.39 is 0 Å². The molecule has 2 aromatic carbocycles. The number of azo groups is 2. The molecule has 2 heterocycles. The van der Waals surface area contributed by atoms with E-state index in [1.54, 1.807) is 22.0 Å². The highest BCUT2D eigenvalue weighted by atomic mass is 35.5. The summed E-state index contributed by atoms with van der Waals surface area (Å²) in [5.74, 6) is 1.37. The van der Waals surface area contributed by atoms with Gasteiger partial charge in [0.2, 0.25) is 12.7 Å². The number of hydrogen-bond donors (Lipinski definition) is 0. The molecule has 0 bridgehead atoms. The van der Waals surface area contributed by atoms with Gasteiger partial charge in [0.15, 0.2) is 0 Å². The lowest BCUT2D eigenvalue weighted by molar-refractivity contribution is -0.659. The fraction of sp³-hybridized carbons (Fsp3) is 0.407. The van der Waals surface area contributed by atoms with Crippen molar-refractivity contribution < 1.29 is 33.9 Å². The van der Waals surface area contributed by atoms with Gasteiger partial charge in [0.25, 0.3) is 0 Å². The zero-order valence-corrected chi connectivity index (χ0v) is 26.4. The highest BCUT2D eigenvalue weighted by Crippen LogP contribution is 2.27. The number of anilines is 2. The molecule has 0 N–H and O–H groups in total. The van der Waals surface area contributed by atoms with Crippen LogP contribution in [0, 0.1) is 13.8 Å². The Kier molecular flexibility index (Phi) is 11.9. The van der Waals surface area contributed by atoms with E-state index in [1.165, 1.54) is 11.4 Å². The number of aryl methyl sites for hydroxylation is 6. The smallest absolute Gasteiger partial charge is 0.403 e. The summed E-state index contributed by atoms with van der Waals surface area (Å²) in [6.45, 7) is 6.09. The lowest BCUT2D eigenvalue weighted by atomic mass is 10.1. The summed E-state index contributed by atoms with van der Waals surface area (Å²) in [5.41, 5.74) is 6.34. The van der Waals surface area contributed by atoms with Crippen LogP contribution < -0.4 is 43.7 Å². The number of nitrogens with zero attached hydrogens (tertiary/aromatic N) is 12. The van der Waals surface area contributed by atoms with Gasteiger partial charge in [-0.25, -0.2) is 9.13 Å². The molecule has 0 aliphatic rings. The summed E-state index contributed by atoms with van der Waals surface area (Å²) in [6, 6.07) is 12.4. The fourth-order valence-corrected chi connectivity index (χ4v) is 4.49. The molecule has 2 aromatic heterocycles. The maximum absolute atomic E-state index is 4.40. The minimum absolute atomic E-state index is 0. The first-order valence-electron chi connectivity index (χ1n) is 12.9. The molecule has 0 unspecified atom stereocenters. The van der Waals surface area contributed by atoms with E-state index in [0.717, 1.165) is 42.0 Å². The Morgan fingerprint density at radius 1 is 0.683 bits per heavy atom. The van der Waals surface area contributed by atoms with Crippen molar-refractivity contribution in [3.63, 3.8) is 0 Å². The number of benzene rings is 2. The monoisotopic (exact) mass is 600 g/mol. The van der Waals surface area contributed by atoms with Crippen LogP contribution in [0.5, 0.6) is 0 Å². The molecule has 4 rings (SSSR count). The third-order valence-electron chi connectivity index (χ3n) is 6.69. The molecule has 0 saturated carbocycles. The lowest BCUT2D eigenvalue weighted by Gasteiger charge is -2.25. The second-order valence-corrected chi connectivity index (χ2v) is 9.87. The van der Waals surface area contributed by atoms with E-state index in [2.05, 4.69) is 92.7 Å². The summed E-state index contributed by atoms with van der Waals surface area (Å²) in [6.07, 6.45) is 4.44. The minimum atomic E-state index is 0. The minimum Gasteiger partial charge on any atom is -1.00 e. The Hall–Kier alpha value is -3.90. The highest BCUT2D eigenvalue weighted by Gasteiger charge is 2.14. The zero-order chi connectivity index (χ0) is 28.1. The molecule has 0 aliphatic carbocycles. The molecular weight excluding hydrogens is 563 g/mol. The van der Waals surface area contributed by atoms with Crippen LogP contribution in [0.15, 0.2) is 69.5 Å². The van der Waals surface area contributed by atoms with Gasteiger partial charge in [-0.1, -0.05) is 10.2 Å². The van der Waals surface area contributed by atoms with Gasteiger partial charge < -0.3 is 34.6 Å². The van der Waals surface area contributed by atoms with Crippen LogP contribution in [0.1, 0.15) is 17.5 Å². The van der Waals surface area contributed by atoms with Gasteiger partial charge in [-0.05, 0) is 78.0 Å². The van der Waals surface area contributed by atoms with Crippen LogP contribution in [0.25, 0.3) is 0 Å². The molecule has 14 heteroatoms. The van der Waals surface area contributed by atoms with Crippen molar-refractivity contribution in [2.45, 2.75) is 20.3 Å². The SMILES string of the molecule is Cc1cc(N=Nc2n(C)nc[n+]2C)ccc1N(C)CCCN(C)c1ccc(N=Nc2n(C)nc[n+]2C)cc1C.[Cl-].[Cl-]. The van der Waals surface area contributed by atoms with Crippen molar-refractivity contribution in [2.24, 2.45) is 48.6 Å². The van der Waals surface area contributed by atoms with E-state index in [4.69, 9.17) is 0 Å². The molecule has 12 nitrogen and oxygen atoms in total.